The fourth-order valence-corrected chi connectivity index (χ4v) is 2.42. The molecular formula is C12H13N3S. The molecule has 16 heavy (non-hydrogen) atoms. The number of allylic oxidation sites excluding steroid dienone is 1. The number of aromatic nitrogens is 1. The zero-order valence-electron chi connectivity index (χ0n) is 8.84. The van der Waals surface area contributed by atoms with Crippen LogP contribution in [-0.2, 0) is 6.54 Å². The monoisotopic (exact) mass is 231 g/mol. The molecule has 0 aliphatic rings. The van der Waals surface area contributed by atoms with Crippen molar-refractivity contribution in [1.82, 2.24) is 4.57 Å². The molecule has 82 valence electrons. The van der Waals surface area contributed by atoms with Gasteiger partial charge in [0, 0.05) is 11.9 Å². The molecule has 2 rings (SSSR count). The van der Waals surface area contributed by atoms with E-state index in [1.165, 1.54) is 11.3 Å². The summed E-state index contributed by atoms with van der Waals surface area (Å²) in [5, 5.41) is 5.83. The molecule has 4 heteroatoms. The highest BCUT2D eigenvalue weighted by atomic mass is 32.1. The summed E-state index contributed by atoms with van der Waals surface area (Å²) < 4.78 is 2.05. The summed E-state index contributed by atoms with van der Waals surface area (Å²) in [4.78, 5) is 0.804. The van der Waals surface area contributed by atoms with E-state index in [-0.39, 0.29) is 0 Å². The van der Waals surface area contributed by atoms with Gasteiger partial charge < -0.3 is 10.4 Å². The maximum atomic E-state index is 5.35. The lowest BCUT2D eigenvalue weighted by molar-refractivity contribution is 0.788. The predicted octanol–water partition coefficient (Wildman–Crippen LogP) is 2.18. The van der Waals surface area contributed by atoms with E-state index in [1.54, 1.807) is 0 Å². The predicted molar refractivity (Wildman–Crippen MR) is 67.7 cm³/mol. The minimum absolute atomic E-state index is 0.712. The maximum Gasteiger partial charge on any atom is 0.208 e. The Morgan fingerprint density at radius 3 is 2.75 bits per heavy atom. The average molecular weight is 231 g/mol. The van der Waals surface area contributed by atoms with Gasteiger partial charge in [0.05, 0.1) is 5.69 Å². The molecule has 0 atom stereocenters. The molecule has 2 N–H and O–H groups in total. The third-order valence-electron chi connectivity index (χ3n) is 2.29. The number of rotatable bonds is 3. The summed E-state index contributed by atoms with van der Waals surface area (Å²) in [6.45, 7) is 4.46. The molecule has 1 aromatic heterocycles. The molecule has 0 saturated heterocycles. The number of thiazole rings is 1. The van der Waals surface area contributed by atoms with Crippen LogP contribution < -0.4 is 10.6 Å². The van der Waals surface area contributed by atoms with E-state index in [0.717, 1.165) is 16.1 Å². The highest BCUT2D eigenvalue weighted by Crippen LogP contribution is 2.19. The first-order valence-corrected chi connectivity index (χ1v) is 5.83. The Balaban J connectivity index is 2.58. The third kappa shape index (κ3) is 1.92. The van der Waals surface area contributed by atoms with E-state index in [1.807, 2.05) is 28.8 Å². The van der Waals surface area contributed by atoms with E-state index in [0.29, 0.717) is 6.54 Å². The van der Waals surface area contributed by atoms with Crippen LogP contribution >= 0.6 is 11.3 Å². The Hall–Kier alpha value is -1.81. The van der Waals surface area contributed by atoms with Crippen LogP contribution in [0.5, 0.6) is 0 Å². The van der Waals surface area contributed by atoms with E-state index in [4.69, 9.17) is 5.84 Å². The molecule has 0 saturated carbocycles. The van der Waals surface area contributed by atoms with E-state index in [9.17, 15) is 0 Å². The fraction of sp³-hybridized carbons (Fsp3) is 0.0833. The Bertz CT molecular complexity index is 537. The molecular weight excluding hydrogens is 218 g/mol. The van der Waals surface area contributed by atoms with Gasteiger partial charge in [-0.3, -0.25) is 0 Å². The van der Waals surface area contributed by atoms with E-state index >= 15 is 0 Å². The zero-order valence-corrected chi connectivity index (χ0v) is 9.65. The molecule has 0 aliphatic heterocycles. The first-order chi connectivity index (χ1) is 7.86. The second-order valence-corrected chi connectivity index (χ2v) is 4.13. The van der Waals surface area contributed by atoms with Gasteiger partial charge >= 0.3 is 0 Å². The Morgan fingerprint density at radius 2 is 2.12 bits per heavy atom. The number of hydrogen-bond donors (Lipinski definition) is 1. The fourth-order valence-electron chi connectivity index (χ4n) is 1.58. The minimum Gasteiger partial charge on any atom is -0.320 e. The van der Waals surface area contributed by atoms with Crippen molar-refractivity contribution in [2.45, 2.75) is 6.54 Å². The standard InChI is InChI=1S/C12H13N3S/c1-2-8-15-11(9-16-12(15)14-13)10-6-4-3-5-7-10/h2-7,9H,1,8,13H2. The van der Waals surface area contributed by atoms with Crippen molar-refractivity contribution >= 4 is 11.3 Å². The smallest absolute Gasteiger partial charge is 0.208 e. The second-order valence-electron chi connectivity index (χ2n) is 3.30. The van der Waals surface area contributed by atoms with Gasteiger partial charge in [-0.1, -0.05) is 36.4 Å². The maximum absolute atomic E-state index is 5.35. The van der Waals surface area contributed by atoms with Crippen molar-refractivity contribution < 1.29 is 0 Å². The van der Waals surface area contributed by atoms with Crippen molar-refractivity contribution in [3.63, 3.8) is 0 Å². The van der Waals surface area contributed by atoms with Gasteiger partial charge in [-0.15, -0.1) is 17.9 Å². The van der Waals surface area contributed by atoms with Crippen LogP contribution in [0.4, 0.5) is 0 Å². The van der Waals surface area contributed by atoms with Crippen LogP contribution in [0, 0.1) is 0 Å². The number of hydrogen-bond acceptors (Lipinski definition) is 3. The molecule has 0 amide bonds. The summed E-state index contributed by atoms with van der Waals surface area (Å²) in [5.74, 6) is 5.35. The molecule has 0 bridgehead atoms. The lowest BCUT2D eigenvalue weighted by atomic mass is 10.2. The highest BCUT2D eigenvalue weighted by Gasteiger charge is 2.05. The minimum atomic E-state index is 0.712. The van der Waals surface area contributed by atoms with E-state index in [2.05, 4.69) is 29.2 Å². The van der Waals surface area contributed by atoms with Crippen LogP contribution in [0.2, 0.25) is 0 Å². The van der Waals surface area contributed by atoms with Gasteiger partial charge in [0.15, 0.2) is 0 Å². The molecule has 0 aliphatic carbocycles. The zero-order chi connectivity index (χ0) is 11.4. The quantitative estimate of drug-likeness (QED) is 0.491. The van der Waals surface area contributed by atoms with Crippen molar-refractivity contribution in [2.24, 2.45) is 10.9 Å². The lowest BCUT2D eigenvalue weighted by Gasteiger charge is -2.05. The lowest BCUT2D eigenvalue weighted by Crippen LogP contribution is -2.16. The largest absolute Gasteiger partial charge is 0.320 e. The van der Waals surface area contributed by atoms with Gasteiger partial charge in [-0.25, -0.2) is 0 Å². The van der Waals surface area contributed by atoms with Gasteiger partial charge in [0.25, 0.3) is 0 Å². The number of nitrogens with two attached hydrogens (primary N) is 1. The van der Waals surface area contributed by atoms with Crippen molar-refractivity contribution in [3.05, 3.63) is 53.2 Å². The van der Waals surface area contributed by atoms with Crippen LogP contribution in [0.1, 0.15) is 0 Å². The summed E-state index contributed by atoms with van der Waals surface area (Å²) in [7, 11) is 0. The molecule has 3 nitrogen and oxygen atoms in total. The van der Waals surface area contributed by atoms with Crippen LogP contribution in [-0.4, -0.2) is 4.57 Å². The average Bonchev–Trinajstić information content (AvgIpc) is 2.74. The van der Waals surface area contributed by atoms with Crippen LogP contribution in [0.25, 0.3) is 11.3 Å². The third-order valence-corrected chi connectivity index (χ3v) is 3.17. The molecule has 1 heterocycles. The first-order valence-electron chi connectivity index (χ1n) is 4.95. The van der Waals surface area contributed by atoms with Crippen molar-refractivity contribution in [3.8, 4) is 11.3 Å². The molecule has 0 unspecified atom stereocenters. The summed E-state index contributed by atoms with van der Waals surface area (Å²) in [6, 6.07) is 10.2. The Morgan fingerprint density at radius 1 is 1.38 bits per heavy atom. The number of benzene rings is 1. The molecule has 1 aromatic carbocycles. The Labute approximate surface area is 98.2 Å². The summed E-state index contributed by atoms with van der Waals surface area (Å²) >= 11 is 1.53. The second kappa shape index (κ2) is 4.81. The summed E-state index contributed by atoms with van der Waals surface area (Å²) in [6.07, 6.45) is 1.84. The molecule has 0 spiro atoms. The van der Waals surface area contributed by atoms with Gasteiger partial charge in [-0.2, -0.15) is 5.10 Å². The first kappa shape index (κ1) is 10.7. The van der Waals surface area contributed by atoms with Crippen LogP contribution in [0.15, 0.2) is 53.5 Å². The summed E-state index contributed by atoms with van der Waals surface area (Å²) in [5.41, 5.74) is 2.28. The highest BCUT2D eigenvalue weighted by molar-refractivity contribution is 7.07. The Kier molecular flexibility index (Phi) is 3.22. The molecule has 2 aromatic rings. The molecule has 0 radical (unpaired) electrons. The van der Waals surface area contributed by atoms with Crippen molar-refractivity contribution in [2.75, 3.05) is 0 Å². The topological polar surface area (TPSA) is 43.3 Å². The molecule has 0 fully saturated rings. The van der Waals surface area contributed by atoms with E-state index < -0.39 is 0 Å². The van der Waals surface area contributed by atoms with Crippen LogP contribution in [0.3, 0.4) is 0 Å². The van der Waals surface area contributed by atoms with Crippen molar-refractivity contribution in [1.29, 1.82) is 0 Å². The SMILES string of the molecule is C=CCn1c(-c2ccccc2)csc1=NN. The number of nitrogens with zero attached hydrogens (tertiary/aromatic N) is 2. The van der Waals surface area contributed by atoms with Gasteiger partial charge in [0.2, 0.25) is 4.80 Å². The van der Waals surface area contributed by atoms with Gasteiger partial charge in [0.1, 0.15) is 0 Å². The normalized spacial score (nSPS) is 11.6. The van der Waals surface area contributed by atoms with Gasteiger partial charge in [-0.05, 0) is 5.56 Å².